The Labute approximate surface area is 189 Å². The second kappa shape index (κ2) is 7.73. The van der Waals surface area contributed by atoms with E-state index < -0.39 is 0 Å². The molecule has 0 bridgehead atoms. The zero-order valence-corrected chi connectivity index (χ0v) is 18.2. The molecule has 0 aliphatic carbocycles. The number of halogens is 1. The van der Waals surface area contributed by atoms with Gasteiger partial charge in [-0.25, -0.2) is 9.97 Å². The summed E-state index contributed by atoms with van der Waals surface area (Å²) in [5.74, 6) is 1.66. The van der Waals surface area contributed by atoms with Gasteiger partial charge in [-0.15, -0.1) is 0 Å². The fourth-order valence-electron chi connectivity index (χ4n) is 4.57. The van der Waals surface area contributed by atoms with Gasteiger partial charge in [-0.05, 0) is 48.4 Å². The average Bonchev–Trinajstić information content (AvgIpc) is 3.22. The van der Waals surface area contributed by atoms with E-state index in [1.807, 2.05) is 18.2 Å². The number of fused-ring (bicyclic) bond motifs is 3. The number of morpholine rings is 1. The van der Waals surface area contributed by atoms with Crippen LogP contribution in [0, 0.1) is 0 Å². The fourth-order valence-corrected chi connectivity index (χ4v) is 4.74. The molecule has 0 saturated carbocycles. The molecule has 0 N–H and O–H groups in total. The lowest BCUT2D eigenvalue weighted by Crippen LogP contribution is -2.37. The Bertz CT molecular complexity index is 1450. The van der Waals surface area contributed by atoms with Crippen LogP contribution in [0.4, 0.5) is 5.82 Å². The summed E-state index contributed by atoms with van der Waals surface area (Å²) in [6.07, 6.45) is 2.90. The third-order valence-electron chi connectivity index (χ3n) is 6.18. The molecular formula is C25H21ClN4O2. The first-order chi connectivity index (χ1) is 15.7. The highest BCUT2D eigenvalue weighted by molar-refractivity contribution is 6.31. The minimum Gasteiger partial charge on any atom is -0.378 e. The Balaban J connectivity index is 1.53. The Morgan fingerprint density at radius 2 is 1.81 bits per heavy atom. The van der Waals surface area contributed by atoms with Crippen LogP contribution in [-0.2, 0) is 11.3 Å². The van der Waals surface area contributed by atoms with E-state index in [4.69, 9.17) is 26.3 Å². The lowest BCUT2D eigenvalue weighted by molar-refractivity contribution is 0.122. The van der Waals surface area contributed by atoms with Gasteiger partial charge in [-0.2, -0.15) is 0 Å². The highest BCUT2D eigenvalue weighted by atomic mass is 35.5. The zero-order chi connectivity index (χ0) is 21.7. The Morgan fingerprint density at radius 1 is 0.969 bits per heavy atom. The van der Waals surface area contributed by atoms with Crippen molar-refractivity contribution in [2.75, 3.05) is 31.2 Å². The summed E-state index contributed by atoms with van der Waals surface area (Å²) in [5, 5.41) is 2.26. The Hall–Kier alpha value is -3.22. The van der Waals surface area contributed by atoms with Gasteiger partial charge in [0.15, 0.2) is 0 Å². The summed E-state index contributed by atoms with van der Waals surface area (Å²) < 4.78 is 7.32. The van der Waals surface area contributed by atoms with E-state index in [1.54, 1.807) is 22.8 Å². The molecule has 2 aliphatic heterocycles. The minimum atomic E-state index is -0.0184. The number of nitrogens with zero attached hydrogens (tertiary/aromatic N) is 4. The van der Waals surface area contributed by atoms with Gasteiger partial charge in [0.05, 0.1) is 29.6 Å². The normalized spacial score (nSPS) is 17.4. The van der Waals surface area contributed by atoms with Crippen LogP contribution in [0.25, 0.3) is 33.5 Å². The lowest BCUT2D eigenvalue weighted by atomic mass is 10.1. The number of pyridine rings is 1. The third kappa shape index (κ3) is 3.27. The molecule has 0 amide bonds. The molecule has 0 spiro atoms. The first-order valence-electron chi connectivity index (χ1n) is 10.8. The molecule has 2 aromatic carbocycles. The number of hydrogen-bond acceptors (Lipinski definition) is 5. The number of aromatic nitrogens is 3. The number of rotatable bonds is 2. The van der Waals surface area contributed by atoms with Crippen LogP contribution < -0.4 is 10.5 Å². The lowest BCUT2D eigenvalue weighted by Gasteiger charge is -2.29. The first kappa shape index (κ1) is 19.5. The summed E-state index contributed by atoms with van der Waals surface area (Å²) in [4.78, 5) is 25.1. The van der Waals surface area contributed by atoms with E-state index in [0.29, 0.717) is 41.5 Å². The third-order valence-corrected chi connectivity index (χ3v) is 6.42. The quantitative estimate of drug-likeness (QED) is 0.459. The van der Waals surface area contributed by atoms with E-state index in [9.17, 15) is 4.79 Å². The van der Waals surface area contributed by atoms with Gasteiger partial charge in [0.2, 0.25) is 0 Å². The van der Waals surface area contributed by atoms with Crippen molar-refractivity contribution < 1.29 is 4.74 Å². The minimum absolute atomic E-state index is 0.0184. The molecule has 6 nitrogen and oxygen atoms in total. The van der Waals surface area contributed by atoms with Crippen LogP contribution in [-0.4, -0.2) is 40.8 Å². The van der Waals surface area contributed by atoms with Crippen molar-refractivity contribution in [3.63, 3.8) is 0 Å². The van der Waals surface area contributed by atoms with Gasteiger partial charge in [-0.1, -0.05) is 29.8 Å². The Kier molecular flexibility index (Phi) is 4.70. The first-order valence-corrected chi connectivity index (χ1v) is 11.2. The van der Waals surface area contributed by atoms with Crippen LogP contribution in [0.15, 0.2) is 53.3 Å². The van der Waals surface area contributed by atoms with E-state index in [2.05, 4.69) is 23.1 Å². The number of hydrogen-bond donors (Lipinski definition) is 0. The molecular weight excluding hydrogens is 424 g/mol. The van der Waals surface area contributed by atoms with Gasteiger partial charge >= 0.3 is 0 Å². The summed E-state index contributed by atoms with van der Waals surface area (Å²) >= 11 is 6.16. The van der Waals surface area contributed by atoms with E-state index >= 15 is 0 Å². The van der Waals surface area contributed by atoms with Crippen molar-refractivity contribution in [1.82, 2.24) is 14.5 Å². The zero-order valence-electron chi connectivity index (χ0n) is 17.4. The van der Waals surface area contributed by atoms with Gasteiger partial charge < -0.3 is 9.64 Å². The molecule has 1 saturated heterocycles. The topological polar surface area (TPSA) is 60.2 Å². The highest BCUT2D eigenvalue weighted by Gasteiger charge is 2.23. The number of para-hydroxylation sites is 1. The predicted molar refractivity (Wildman–Crippen MR) is 128 cm³/mol. The molecule has 7 heteroatoms. The number of allylic oxidation sites excluding steroid dienone is 1. The van der Waals surface area contributed by atoms with E-state index in [-0.39, 0.29) is 5.56 Å². The summed E-state index contributed by atoms with van der Waals surface area (Å²) in [6, 6.07) is 15.6. The summed E-state index contributed by atoms with van der Waals surface area (Å²) in [7, 11) is 0. The molecule has 1 fully saturated rings. The van der Waals surface area contributed by atoms with Crippen molar-refractivity contribution in [3.05, 3.63) is 75.3 Å². The Morgan fingerprint density at radius 3 is 2.69 bits per heavy atom. The summed E-state index contributed by atoms with van der Waals surface area (Å²) in [5.41, 5.74) is 3.66. The van der Waals surface area contributed by atoms with Crippen molar-refractivity contribution in [2.45, 2.75) is 13.0 Å². The molecule has 2 aliphatic rings. The highest BCUT2D eigenvalue weighted by Crippen LogP contribution is 2.32. The van der Waals surface area contributed by atoms with Crippen molar-refractivity contribution >= 4 is 50.9 Å². The van der Waals surface area contributed by atoms with Gasteiger partial charge in [0.1, 0.15) is 11.6 Å². The SMILES string of the molecule is O=c1c2ccc(Cl)cc2nc2n1CC/C2=C/c1cc2ccccc2nc1N1CCOCC1. The maximum absolute atomic E-state index is 13.0. The monoisotopic (exact) mass is 444 g/mol. The standard InChI is InChI=1S/C25H21ClN4O2/c26-19-5-6-20-22(15-19)28-24-17(7-8-30(24)25(20)31)14-18-13-16-3-1-2-4-21(16)27-23(18)29-9-11-32-12-10-29/h1-6,13-15H,7-12H2/b17-14-. The molecule has 0 radical (unpaired) electrons. The number of ether oxygens (including phenoxy) is 1. The second-order valence-electron chi connectivity index (χ2n) is 8.17. The molecule has 4 aromatic rings. The average molecular weight is 445 g/mol. The predicted octanol–water partition coefficient (Wildman–Crippen LogP) is 4.38. The fraction of sp³-hybridized carbons (Fsp3) is 0.240. The molecule has 160 valence electrons. The van der Waals surface area contributed by atoms with E-state index in [0.717, 1.165) is 47.4 Å². The van der Waals surface area contributed by atoms with Crippen LogP contribution >= 0.6 is 11.6 Å². The van der Waals surface area contributed by atoms with Gasteiger partial charge in [0.25, 0.3) is 5.56 Å². The smallest absolute Gasteiger partial charge is 0.261 e. The van der Waals surface area contributed by atoms with Crippen molar-refractivity contribution in [1.29, 1.82) is 0 Å². The molecule has 2 aromatic heterocycles. The maximum Gasteiger partial charge on any atom is 0.261 e. The van der Waals surface area contributed by atoms with E-state index in [1.165, 1.54) is 0 Å². The number of anilines is 1. The molecule has 0 unspecified atom stereocenters. The molecule has 4 heterocycles. The molecule has 32 heavy (non-hydrogen) atoms. The number of benzene rings is 2. The summed E-state index contributed by atoms with van der Waals surface area (Å²) in [6.45, 7) is 3.62. The van der Waals surface area contributed by atoms with Crippen LogP contribution in [0.1, 0.15) is 17.8 Å². The van der Waals surface area contributed by atoms with Gasteiger partial charge in [-0.3, -0.25) is 9.36 Å². The second-order valence-corrected chi connectivity index (χ2v) is 8.60. The largest absolute Gasteiger partial charge is 0.378 e. The molecule has 0 atom stereocenters. The van der Waals surface area contributed by atoms with Gasteiger partial charge in [0, 0.05) is 35.6 Å². The van der Waals surface area contributed by atoms with Crippen molar-refractivity contribution in [3.8, 4) is 0 Å². The van der Waals surface area contributed by atoms with Crippen molar-refractivity contribution in [2.24, 2.45) is 0 Å². The van der Waals surface area contributed by atoms with Crippen LogP contribution in [0.2, 0.25) is 5.02 Å². The maximum atomic E-state index is 13.0. The van der Waals surface area contributed by atoms with Crippen LogP contribution in [0.3, 0.4) is 0 Å². The molecule has 6 rings (SSSR count). The van der Waals surface area contributed by atoms with Crippen LogP contribution in [0.5, 0.6) is 0 Å².